The van der Waals surface area contributed by atoms with Crippen LogP contribution in [0.25, 0.3) is 0 Å². The van der Waals surface area contributed by atoms with Crippen LogP contribution in [0.15, 0.2) is 71.6 Å². The molecule has 7 nitrogen and oxygen atoms in total. The number of alkyl halides is 3. The molecule has 3 aromatic carbocycles. The van der Waals surface area contributed by atoms with Crippen LogP contribution in [0.3, 0.4) is 0 Å². The van der Waals surface area contributed by atoms with E-state index in [2.05, 4.69) is 5.32 Å². The lowest BCUT2D eigenvalue weighted by Crippen LogP contribution is -2.53. The monoisotopic (exact) mass is 671 g/mol. The third-order valence-corrected chi connectivity index (χ3v) is 9.60. The van der Waals surface area contributed by atoms with Gasteiger partial charge in [0.2, 0.25) is 11.8 Å². The minimum Gasteiger partial charge on any atom is -0.352 e. The Balaban J connectivity index is 2.16. The van der Waals surface area contributed by atoms with Crippen LogP contribution in [0.1, 0.15) is 50.3 Å². The Morgan fingerprint density at radius 2 is 1.57 bits per heavy atom. The van der Waals surface area contributed by atoms with Crippen molar-refractivity contribution in [1.29, 1.82) is 0 Å². The van der Waals surface area contributed by atoms with Crippen molar-refractivity contribution in [3.8, 4) is 0 Å². The number of nitrogens with one attached hydrogen (secondary N) is 1. The Kier molecular flexibility index (Phi) is 11.7. The molecule has 44 heavy (non-hydrogen) atoms. The number of sulfonamides is 1. The molecule has 2 amide bonds. The van der Waals surface area contributed by atoms with E-state index in [0.717, 1.165) is 17.7 Å². The van der Waals surface area contributed by atoms with Crippen molar-refractivity contribution in [2.75, 3.05) is 10.8 Å². The van der Waals surface area contributed by atoms with E-state index in [1.807, 2.05) is 6.92 Å². The average Bonchev–Trinajstić information content (AvgIpc) is 2.96. The summed E-state index contributed by atoms with van der Waals surface area (Å²) < 4.78 is 70.0. The van der Waals surface area contributed by atoms with Crippen LogP contribution < -0.4 is 9.62 Å². The SMILES string of the molecule is CC[C@H](C)NC(=O)[C@H](CC)N(Cc1ccccc1Cl)C(=O)CN(c1ccc(Cl)c(C(F)(F)F)c1)S(=O)(=O)c1ccc(C)cc1. The molecule has 0 saturated heterocycles. The summed E-state index contributed by atoms with van der Waals surface area (Å²) in [5.41, 5.74) is -0.441. The molecule has 2 atom stereocenters. The first kappa shape index (κ1) is 35.2. The lowest BCUT2D eigenvalue weighted by Gasteiger charge is -2.34. The molecule has 0 fully saturated rings. The molecule has 0 aliphatic carbocycles. The predicted octanol–water partition coefficient (Wildman–Crippen LogP) is 7.24. The van der Waals surface area contributed by atoms with Crippen molar-refractivity contribution in [2.45, 2.75) is 70.2 Å². The van der Waals surface area contributed by atoms with E-state index in [-0.39, 0.29) is 23.9 Å². The number of aryl methyl sites for hydroxylation is 1. The second-order valence-electron chi connectivity index (χ2n) is 10.3. The van der Waals surface area contributed by atoms with Crippen LogP contribution in [0, 0.1) is 6.92 Å². The van der Waals surface area contributed by atoms with Crippen LogP contribution in [-0.2, 0) is 32.3 Å². The molecule has 0 unspecified atom stereocenters. The van der Waals surface area contributed by atoms with Gasteiger partial charge in [-0.2, -0.15) is 13.2 Å². The van der Waals surface area contributed by atoms with Gasteiger partial charge < -0.3 is 10.2 Å². The van der Waals surface area contributed by atoms with E-state index in [1.54, 1.807) is 45.0 Å². The molecule has 0 aliphatic heterocycles. The molecule has 13 heteroatoms. The Bertz CT molecular complexity index is 1580. The number of rotatable bonds is 12. The lowest BCUT2D eigenvalue weighted by molar-refractivity contribution is -0.140. The molecular formula is C31H34Cl2F3N3O4S. The molecule has 238 valence electrons. The number of hydrogen-bond donors (Lipinski definition) is 1. The van der Waals surface area contributed by atoms with E-state index in [0.29, 0.717) is 27.4 Å². The van der Waals surface area contributed by atoms with Crippen LogP contribution >= 0.6 is 23.2 Å². The summed E-state index contributed by atoms with van der Waals surface area (Å²) in [5, 5.41) is 2.54. The highest BCUT2D eigenvalue weighted by atomic mass is 35.5. The van der Waals surface area contributed by atoms with Gasteiger partial charge in [-0.05, 0) is 68.7 Å². The number of nitrogens with zero attached hydrogens (tertiary/aromatic N) is 2. The smallest absolute Gasteiger partial charge is 0.352 e. The van der Waals surface area contributed by atoms with Gasteiger partial charge in [0.05, 0.1) is 21.2 Å². The van der Waals surface area contributed by atoms with Gasteiger partial charge in [-0.1, -0.05) is 72.9 Å². The quantitative estimate of drug-likeness (QED) is 0.220. The highest BCUT2D eigenvalue weighted by Crippen LogP contribution is 2.38. The Hall–Kier alpha value is -3.28. The van der Waals surface area contributed by atoms with Gasteiger partial charge in [0.25, 0.3) is 10.0 Å². The number of amides is 2. The maximum absolute atomic E-state index is 14.1. The highest BCUT2D eigenvalue weighted by molar-refractivity contribution is 7.92. The van der Waals surface area contributed by atoms with Crippen LogP contribution in [0.4, 0.5) is 18.9 Å². The molecule has 3 aromatic rings. The van der Waals surface area contributed by atoms with Gasteiger partial charge in [0.1, 0.15) is 12.6 Å². The zero-order valence-corrected chi connectivity index (χ0v) is 27.0. The van der Waals surface area contributed by atoms with E-state index >= 15 is 0 Å². The first-order valence-electron chi connectivity index (χ1n) is 13.9. The summed E-state index contributed by atoms with van der Waals surface area (Å²) in [6.07, 6.45) is -4.10. The number of hydrogen-bond acceptors (Lipinski definition) is 4. The Morgan fingerprint density at radius 3 is 2.14 bits per heavy atom. The van der Waals surface area contributed by atoms with Gasteiger partial charge in [0, 0.05) is 17.6 Å². The van der Waals surface area contributed by atoms with Gasteiger partial charge in [-0.25, -0.2) is 8.42 Å². The normalized spacial score (nSPS) is 13.2. The van der Waals surface area contributed by atoms with Crippen molar-refractivity contribution in [3.63, 3.8) is 0 Å². The van der Waals surface area contributed by atoms with Crippen LogP contribution in [0.2, 0.25) is 10.0 Å². The number of carbonyl (C=O) groups is 2. The molecular weight excluding hydrogens is 638 g/mol. The molecule has 0 spiro atoms. The van der Waals surface area contributed by atoms with Crippen molar-refractivity contribution >= 4 is 50.7 Å². The minimum atomic E-state index is -4.89. The molecule has 1 N–H and O–H groups in total. The zero-order valence-electron chi connectivity index (χ0n) is 24.7. The number of anilines is 1. The van der Waals surface area contributed by atoms with E-state index in [4.69, 9.17) is 23.2 Å². The average molecular weight is 673 g/mol. The lowest BCUT2D eigenvalue weighted by atomic mass is 10.1. The Labute approximate surface area is 266 Å². The highest BCUT2D eigenvalue weighted by Gasteiger charge is 2.37. The largest absolute Gasteiger partial charge is 0.417 e. The molecule has 0 bridgehead atoms. The maximum Gasteiger partial charge on any atom is 0.417 e. The molecule has 0 heterocycles. The van der Waals surface area contributed by atoms with E-state index in [1.165, 1.54) is 29.2 Å². The van der Waals surface area contributed by atoms with Gasteiger partial charge in [-0.15, -0.1) is 0 Å². The van der Waals surface area contributed by atoms with Crippen molar-refractivity contribution < 1.29 is 31.2 Å². The summed E-state index contributed by atoms with van der Waals surface area (Å²) in [6, 6.07) is 13.7. The van der Waals surface area contributed by atoms with Gasteiger partial charge in [0.15, 0.2) is 0 Å². The summed E-state index contributed by atoms with van der Waals surface area (Å²) in [6.45, 7) is 6.06. The molecule has 0 aliphatic rings. The van der Waals surface area contributed by atoms with E-state index < -0.39 is 56.9 Å². The van der Waals surface area contributed by atoms with Crippen molar-refractivity contribution in [3.05, 3.63) is 93.5 Å². The first-order chi connectivity index (χ1) is 20.6. The number of benzene rings is 3. The third kappa shape index (κ3) is 8.46. The van der Waals surface area contributed by atoms with E-state index in [9.17, 15) is 31.2 Å². The van der Waals surface area contributed by atoms with Crippen molar-refractivity contribution in [2.24, 2.45) is 0 Å². The summed E-state index contributed by atoms with van der Waals surface area (Å²) in [7, 11) is -4.58. The molecule has 0 aromatic heterocycles. The Morgan fingerprint density at radius 1 is 0.932 bits per heavy atom. The maximum atomic E-state index is 14.1. The zero-order chi connectivity index (χ0) is 32.8. The molecule has 0 radical (unpaired) electrons. The summed E-state index contributed by atoms with van der Waals surface area (Å²) in [5.74, 6) is -1.28. The summed E-state index contributed by atoms with van der Waals surface area (Å²) >= 11 is 12.2. The third-order valence-electron chi connectivity index (χ3n) is 7.12. The fourth-order valence-corrected chi connectivity index (χ4v) is 6.25. The molecule has 3 rings (SSSR count). The fourth-order valence-electron chi connectivity index (χ4n) is 4.42. The number of halogens is 5. The van der Waals surface area contributed by atoms with Gasteiger partial charge >= 0.3 is 6.18 Å². The number of carbonyl (C=O) groups excluding carboxylic acids is 2. The van der Waals surface area contributed by atoms with Gasteiger partial charge in [-0.3, -0.25) is 13.9 Å². The second kappa shape index (κ2) is 14.7. The molecule has 0 saturated carbocycles. The minimum absolute atomic E-state index is 0.155. The predicted molar refractivity (Wildman–Crippen MR) is 166 cm³/mol. The topological polar surface area (TPSA) is 86.8 Å². The van der Waals surface area contributed by atoms with Crippen molar-refractivity contribution in [1.82, 2.24) is 10.2 Å². The first-order valence-corrected chi connectivity index (χ1v) is 16.1. The second-order valence-corrected chi connectivity index (χ2v) is 13.0. The summed E-state index contributed by atoms with van der Waals surface area (Å²) in [4.78, 5) is 28.5. The standard InChI is InChI=1S/C31H34Cl2F3N3O4S/c1-5-21(4)37-30(41)28(6-2)38(18-22-9-7-8-10-26(22)32)29(40)19-39(44(42,43)24-14-11-20(3)12-15-24)23-13-16-27(33)25(17-23)31(34,35)36/h7-17,21,28H,5-6,18-19H2,1-4H3,(H,37,41)/t21-,28-/m0/s1. The fraction of sp³-hybridized carbons (Fsp3) is 0.355. The van der Waals surface area contributed by atoms with Crippen LogP contribution in [0.5, 0.6) is 0 Å². The van der Waals surface area contributed by atoms with Crippen LogP contribution in [-0.4, -0.2) is 43.8 Å².